The number of hydrogen-bond acceptors (Lipinski definition) is 13. The third-order valence-corrected chi connectivity index (χ3v) is 13.6. The highest BCUT2D eigenvalue weighted by molar-refractivity contribution is 5.98. The van der Waals surface area contributed by atoms with Crippen LogP contribution in [0.15, 0.2) is 47.8 Å². The third kappa shape index (κ3) is 15.4. The number of H-pyrrole nitrogens is 1. The van der Waals surface area contributed by atoms with Gasteiger partial charge in [0.25, 0.3) is 0 Å². The van der Waals surface area contributed by atoms with E-state index in [2.05, 4.69) is 41.5 Å². The van der Waals surface area contributed by atoms with Crippen molar-refractivity contribution in [2.45, 2.75) is 146 Å². The zero-order valence-electron chi connectivity index (χ0n) is 41.7. The predicted octanol–water partition coefficient (Wildman–Crippen LogP) is -2.88. The number of hydrogen-bond donors (Lipinski definition) is 11. The molecule has 25 heteroatoms. The van der Waals surface area contributed by atoms with Crippen molar-refractivity contribution in [3.8, 4) is 0 Å². The smallest absolute Gasteiger partial charge is 0.326 e. The highest BCUT2D eigenvalue weighted by Crippen LogP contribution is 2.26. The summed E-state index contributed by atoms with van der Waals surface area (Å²) in [6.45, 7) is 4.76. The molecule has 3 aliphatic rings. The molecule has 14 N–H and O–H groups in total. The molecular weight excluding hydrogens is 949 g/mol. The fourth-order valence-corrected chi connectivity index (χ4v) is 9.41. The van der Waals surface area contributed by atoms with Gasteiger partial charge in [-0.15, -0.1) is 0 Å². The fraction of sp³-hybridized carbons (Fsp3) is 0.604. The topological polar surface area (TPSA) is 383 Å². The van der Waals surface area contributed by atoms with Crippen molar-refractivity contribution in [3.63, 3.8) is 0 Å². The summed E-state index contributed by atoms with van der Waals surface area (Å²) in [5, 5.41) is 33.1. The number of imidazole rings is 1. The highest BCUT2D eigenvalue weighted by atomic mass is 16.4. The number of nitrogens with zero attached hydrogens (tertiary/aromatic N) is 5. The number of aliphatic hydroxyl groups is 1. The Hall–Kier alpha value is -7.15. The lowest BCUT2D eigenvalue weighted by Crippen LogP contribution is -2.60. The Morgan fingerprint density at radius 3 is 1.92 bits per heavy atom. The number of nitrogens with two attached hydrogens (primary N) is 3. The van der Waals surface area contributed by atoms with E-state index in [-0.39, 0.29) is 70.7 Å². The van der Waals surface area contributed by atoms with Gasteiger partial charge in [-0.2, -0.15) is 0 Å². The van der Waals surface area contributed by atoms with Crippen molar-refractivity contribution in [3.05, 3.63) is 54.1 Å². The Balaban J connectivity index is 1.21. The quantitative estimate of drug-likeness (QED) is 0.0270. The zero-order chi connectivity index (χ0) is 53.4. The maximum atomic E-state index is 14.3. The molecule has 25 nitrogen and oxygen atoms in total. The largest absolute Gasteiger partial charge is 0.480 e. The summed E-state index contributed by atoms with van der Waals surface area (Å²) >= 11 is 0. The number of aromatic nitrogens is 2. The minimum absolute atomic E-state index is 0.00290. The van der Waals surface area contributed by atoms with Gasteiger partial charge in [-0.25, -0.2) is 9.78 Å². The van der Waals surface area contributed by atoms with E-state index in [0.29, 0.717) is 37.8 Å². The number of carbonyl (C=O) groups excluding carboxylic acids is 8. The summed E-state index contributed by atoms with van der Waals surface area (Å²) < 4.78 is 0. The van der Waals surface area contributed by atoms with Crippen LogP contribution in [0.1, 0.15) is 89.8 Å². The van der Waals surface area contributed by atoms with Crippen molar-refractivity contribution in [2.75, 3.05) is 32.8 Å². The highest BCUT2D eigenvalue weighted by Gasteiger charge is 2.44. The van der Waals surface area contributed by atoms with Crippen molar-refractivity contribution < 1.29 is 53.4 Å². The first-order valence-corrected chi connectivity index (χ1v) is 24.9. The first-order valence-electron chi connectivity index (χ1n) is 24.9. The van der Waals surface area contributed by atoms with Gasteiger partial charge >= 0.3 is 5.97 Å². The number of carboxylic acid groups (broad SMARTS) is 1. The maximum Gasteiger partial charge on any atom is 0.326 e. The molecule has 4 heterocycles. The van der Waals surface area contributed by atoms with Crippen LogP contribution in [0.25, 0.3) is 0 Å². The molecule has 1 aromatic heterocycles. The van der Waals surface area contributed by atoms with Gasteiger partial charge in [-0.05, 0) is 76.2 Å². The van der Waals surface area contributed by atoms with Crippen molar-refractivity contribution in [1.29, 1.82) is 0 Å². The van der Waals surface area contributed by atoms with E-state index in [0.717, 1.165) is 5.56 Å². The number of likely N-dealkylation sites (tertiary alicyclic amines) is 3. The van der Waals surface area contributed by atoms with E-state index < -0.39 is 120 Å². The molecule has 1 aromatic carbocycles. The van der Waals surface area contributed by atoms with Crippen LogP contribution in [-0.2, 0) is 56.0 Å². The average molecular weight is 1020 g/mol. The van der Waals surface area contributed by atoms with Gasteiger partial charge in [0.2, 0.25) is 47.3 Å². The number of carbonyl (C=O) groups is 9. The number of guanidine groups is 1. The van der Waals surface area contributed by atoms with Crippen LogP contribution in [0.4, 0.5) is 0 Å². The Bertz CT molecular complexity index is 2280. The first kappa shape index (κ1) is 56.8. The summed E-state index contributed by atoms with van der Waals surface area (Å²) in [6.07, 6.45) is 5.84. The second kappa shape index (κ2) is 27.1. The first-order chi connectivity index (χ1) is 34.8. The summed E-state index contributed by atoms with van der Waals surface area (Å²) in [6, 6.07) is -1.20. The molecule has 0 bridgehead atoms. The molecule has 3 fully saturated rings. The number of aliphatic imine (C=N–C) groups is 1. The average Bonchev–Trinajstić information content (AvgIpc) is 4.23. The SMILES string of the molecule is CC[C@H](C)[C@H](NC(=O)[C@H](CCCN=C(N)N)NC(=O)[C@H](Cc1cnc[nH]1)NC(=O)[C@@H]1CCCN1C(=O)[C@@H]1CCCN1C(=O)[C@H](C)NC(=O)[C@H](CO)NC(=O)[C@@H]1CCCN1C(=O)[C@@H](N)Cc1ccccc1)C(=O)O. The molecule has 0 unspecified atom stereocenters. The minimum Gasteiger partial charge on any atom is -0.480 e. The number of aliphatic hydroxyl groups excluding tert-OH is 1. The molecule has 0 saturated carbocycles. The number of carboxylic acids is 1. The van der Waals surface area contributed by atoms with Crippen LogP contribution < -0.4 is 43.8 Å². The number of aromatic amines is 1. The van der Waals surface area contributed by atoms with E-state index >= 15 is 0 Å². The minimum atomic E-state index is -1.48. The molecule has 3 saturated heterocycles. The molecular formula is C48H72N14O11. The Morgan fingerprint density at radius 2 is 1.33 bits per heavy atom. The summed E-state index contributed by atoms with van der Waals surface area (Å²) in [4.78, 5) is 138. The zero-order valence-corrected chi connectivity index (χ0v) is 41.7. The number of benzene rings is 1. The fourth-order valence-electron chi connectivity index (χ4n) is 9.41. The van der Waals surface area contributed by atoms with E-state index in [1.807, 2.05) is 30.3 Å². The molecule has 73 heavy (non-hydrogen) atoms. The van der Waals surface area contributed by atoms with Crippen LogP contribution in [0, 0.1) is 5.92 Å². The van der Waals surface area contributed by atoms with Crippen molar-refractivity contribution in [2.24, 2.45) is 28.1 Å². The Kier molecular flexibility index (Phi) is 21.0. The normalized spacial score (nSPS) is 20.3. The maximum absolute atomic E-state index is 14.3. The van der Waals surface area contributed by atoms with Gasteiger partial charge in [0.15, 0.2) is 5.96 Å². The van der Waals surface area contributed by atoms with Gasteiger partial charge in [0, 0.05) is 44.5 Å². The van der Waals surface area contributed by atoms with E-state index in [4.69, 9.17) is 17.2 Å². The summed E-state index contributed by atoms with van der Waals surface area (Å²) in [7, 11) is 0. The van der Waals surface area contributed by atoms with E-state index in [1.54, 1.807) is 13.8 Å². The van der Waals surface area contributed by atoms with Gasteiger partial charge in [-0.1, -0.05) is 50.6 Å². The van der Waals surface area contributed by atoms with E-state index in [9.17, 15) is 53.4 Å². The third-order valence-electron chi connectivity index (χ3n) is 13.6. The summed E-state index contributed by atoms with van der Waals surface area (Å²) in [5.41, 5.74) is 18.5. The number of nitrogens with one attached hydrogen (secondary N) is 6. The molecule has 10 atom stereocenters. The second-order valence-electron chi connectivity index (χ2n) is 18.9. The number of rotatable bonds is 25. The standard InChI is InChI=1S/C48H72N14O11/c1-4-27(2)38(47(72)73)59-39(64)32(14-8-18-53-48(50)51)56-40(65)33(23-30-24-52-26-54-30)57-42(67)36-16-10-20-61(36)46(71)37-17-11-21-62(37)44(69)28(3)55-41(66)34(25-63)58-43(68)35-15-9-19-60(35)45(70)31(49)22-29-12-6-5-7-13-29/h5-7,12-13,24,26-28,31-38,63H,4,8-11,14-23,25,49H2,1-3H3,(H,52,54)(H,55,66)(H,56,65)(H,57,67)(H,58,68)(H,59,64)(H,72,73)(H4,50,51,53)/t27-,28-,31-,32-,33-,34-,35-,36-,37-,38-/m0/s1. The van der Waals surface area contributed by atoms with Gasteiger partial charge in [0.05, 0.1) is 19.0 Å². The number of aliphatic carboxylic acids is 1. The second-order valence-corrected chi connectivity index (χ2v) is 18.9. The number of amides is 8. The molecule has 5 rings (SSSR count). The molecule has 0 spiro atoms. The predicted molar refractivity (Wildman–Crippen MR) is 264 cm³/mol. The van der Waals surface area contributed by atoms with Gasteiger partial charge in [0.1, 0.15) is 48.3 Å². The molecule has 3 aliphatic heterocycles. The van der Waals surface area contributed by atoms with Crippen LogP contribution in [0.2, 0.25) is 0 Å². The van der Waals surface area contributed by atoms with Crippen LogP contribution >= 0.6 is 0 Å². The van der Waals surface area contributed by atoms with Gasteiger partial charge < -0.3 is 73.7 Å². The Labute approximate surface area is 423 Å². The van der Waals surface area contributed by atoms with Gasteiger partial charge in [-0.3, -0.25) is 43.3 Å². The molecule has 0 radical (unpaired) electrons. The lowest BCUT2D eigenvalue weighted by atomic mass is 9.98. The lowest BCUT2D eigenvalue weighted by Gasteiger charge is -2.33. The molecule has 2 aromatic rings. The molecule has 0 aliphatic carbocycles. The monoisotopic (exact) mass is 1020 g/mol. The Morgan fingerprint density at radius 1 is 0.753 bits per heavy atom. The lowest BCUT2D eigenvalue weighted by molar-refractivity contribution is -0.148. The molecule has 8 amide bonds. The van der Waals surface area contributed by atoms with Crippen LogP contribution in [0.3, 0.4) is 0 Å². The van der Waals surface area contributed by atoms with Crippen molar-refractivity contribution in [1.82, 2.24) is 51.3 Å². The van der Waals surface area contributed by atoms with Crippen molar-refractivity contribution >= 4 is 59.2 Å². The van der Waals surface area contributed by atoms with E-state index in [1.165, 1.54) is 34.1 Å². The van der Waals surface area contributed by atoms with Crippen LogP contribution in [-0.4, -0.2) is 181 Å². The summed E-state index contributed by atoms with van der Waals surface area (Å²) in [5.74, 6) is -7.17. The molecule has 400 valence electrons. The van der Waals surface area contributed by atoms with Crippen LogP contribution in [0.5, 0.6) is 0 Å².